The summed E-state index contributed by atoms with van der Waals surface area (Å²) >= 11 is 3.08. The summed E-state index contributed by atoms with van der Waals surface area (Å²) in [6.45, 7) is 1.94. The predicted octanol–water partition coefficient (Wildman–Crippen LogP) is 3.42. The number of rotatable bonds is 4. The molecule has 0 radical (unpaired) electrons. The SMILES string of the molecule is Cc1csc(SCC(O)c2ccc(F)cc2)n1. The second kappa shape index (κ2) is 5.62. The number of thiazole rings is 1. The van der Waals surface area contributed by atoms with E-state index in [2.05, 4.69) is 4.98 Å². The molecule has 0 aliphatic carbocycles. The van der Waals surface area contributed by atoms with Crippen LogP contribution in [-0.2, 0) is 0 Å². The van der Waals surface area contributed by atoms with Crippen molar-refractivity contribution in [1.29, 1.82) is 0 Å². The highest BCUT2D eigenvalue weighted by molar-refractivity contribution is 8.01. The number of hydrogen-bond acceptors (Lipinski definition) is 4. The van der Waals surface area contributed by atoms with E-state index in [-0.39, 0.29) is 5.82 Å². The molecule has 2 rings (SSSR count). The van der Waals surface area contributed by atoms with E-state index in [4.69, 9.17) is 0 Å². The zero-order valence-electron chi connectivity index (χ0n) is 9.26. The third kappa shape index (κ3) is 3.52. The molecule has 0 fully saturated rings. The third-order valence-corrected chi connectivity index (χ3v) is 4.43. The van der Waals surface area contributed by atoms with Gasteiger partial charge in [0.2, 0.25) is 0 Å². The standard InChI is InChI=1S/C12H12FNOS2/c1-8-6-16-12(14-8)17-7-11(15)9-2-4-10(13)5-3-9/h2-6,11,15H,7H2,1H3. The van der Waals surface area contributed by atoms with Crippen molar-refractivity contribution in [3.63, 3.8) is 0 Å². The number of aliphatic hydroxyl groups is 1. The first-order chi connectivity index (χ1) is 8.15. The Morgan fingerprint density at radius 2 is 2.12 bits per heavy atom. The van der Waals surface area contributed by atoms with Crippen LogP contribution in [0.3, 0.4) is 0 Å². The van der Waals surface area contributed by atoms with Crippen molar-refractivity contribution in [3.05, 3.63) is 46.7 Å². The summed E-state index contributed by atoms with van der Waals surface area (Å²) < 4.78 is 13.7. The van der Waals surface area contributed by atoms with Crippen LogP contribution in [0.1, 0.15) is 17.4 Å². The zero-order valence-corrected chi connectivity index (χ0v) is 10.9. The Morgan fingerprint density at radius 1 is 1.41 bits per heavy atom. The van der Waals surface area contributed by atoms with Gasteiger partial charge in [-0.1, -0.05) is 23.9 Å². The van der Waals surface area contributed by atoms with Crippen LogP contribution in [0, 0.1) is 12.7 Å². The molecule has 0 aliphatic rings. The van der Waals surface area contributed by atoms with Crippen LogP contribution in [0.5, 0.6) is 0 Å². The van der Waals surface area contributed by atoms with Gasteiger partial charge in [-0.05, 0) is 24.6 Å². The molecule has 1 atom stereocenters. The van der Waals surface area contributed by atoms with Gasteiger partial charge in [0.15, 0.2) is 0 Å². The van der Waals surface area contributed by atoms with E-state index < -0.39 is 6.10 Å². The second-order valence-electron chi connectivity index (χ2n) is 3.63. The number of hydrogen-bond donors (Lipinski definition) is 1. The predicted molar refractivity (Wildman–Crippen MR) is 68.9 cm³/mol. The van der Waals surface area contributed by atoms with E-state index in [1.807, 2.05) is 12.3 Å². The molecule has 1 heterocycles. The molecule has 1 unspecified atom stereocenters. The zero-order chi connectivity index (χ0) is 12.3. The quantitative estimate of drug-likeness (QED) is 0.863. The van der Waals surface area contributed by atoms with E-state index in [1.54, 1.807) is 23.5 Å². The van der Waals surface area contributed by atoms with Crippen molar-refractivity contribution in [2.75, 3.05) is 5.75 Å². The van der Waals surface area contributed by atoms with Gasteiger partial charge in [0.05, 0.1) is 6.10 Å². The molecular weight excluding hydrogens is 257 g/mol. The first kappa shape index (κ1) is 12.5. The Morgan fingerprint density at radius 3 is 2.71 bits per heavy atom. The van der Waals surface area contributed by atoms with E-state index in [1.165, 1.54) is 23.9 Å². The molecule has 1 N–H and O–H groups in total. The van der Waals surface area contributed by atoms with Gasteiger partial charge >= 0.3 is 0 Å². The van der Waals surface area contributed by atoms with Crippen LogP contribution in [0.15, 0.2) is 34.0 Å². The van der Waals surface area contributed by atoms with E-state index >= 15 is 0 Å². The number of aryl methyl sites for hydroxylation is 1. The molecule has 17 heavy (non-hydrogen) atoms. The maximum atomic E-state index is 12.7. The maximum absolute atomic E-state index is 12.7. The summed E-state index contributed by atoms with van der Waals surface area (Å²) in [6.07, 6.45) is -0.593. The summed E-state index contributed by atoms with van der Waals surface area (Å²) in [4.78, 5) is 4.30. The monoisotopic (exact) mass is 269 g/mol. The minimum absolute atomic E-state index is 0.288. The Labute approximate surface area is 108 Å². The lowest BCUT2D eigenvalue weighted by Gasteiger charge is -2.09. The second-order valence-corrected chi connectivity index (χ2v) is 5.76. The fraction of sp³-hybridized carbons (Fsp3) is 0.250. The first-order valence-corrected chi connectivity index (χ1v) is 7.00. The number of halogens is 1. The Balaban J connectivity index is 1.93. The number of thioether (sulfide) groups is 1. The van der Waals surface area contributed by atoms with Gasteiger partial charge in [0.1, 0.15) is 10.2 Å². The van der Waals surface area contributed by atoms with Crippen LogP contribution in [-0.4, -0.2) is 15.8 Å². The topological polar surface area (TPSA) is 33.1 Å². The molecule has 0 saturated carbocycles. The van der Waals surface area contributed by atoms with Crippen LogP contribution in [0.25, 0.3) is 0 Å². The van der Waals surface area contributed by atoms with Gasteiger partial charge in [-0.3, -0.25) is 0 Å². The Hall–Kier alpha value is -0.910. The van der Waals surface area contributed by atoms with Crippen molar-refractivity contribution >= 4 is 23.1 Å². The molecule has 1 aromatic carbocycles. The molecule has 0 saturated heterocycles. The molecule has 1 aromatic heterocycles. The van der Waals surface area contributed by atoms with E-state index in [0.717, 1.165) is 15.6 Å². The van der Waals surface area contributed by atoms with Crippen LogP contribution in [0.4, 0.5) is 4.39 Å². The normalized spacial score (nSPS) is 12.6. The summed E-state index contributed by atoms with van der Waals surface area (Å²) in [6, 6.07) is 5.93. The molecule has 2 aromatic rings. The summed E-state index contributed by atoms with van der Waals surface area (Å²) in [5.41, 5.74) is 1.72. The average molecular weight is 269 g/mol. The number of aromatic nitrogens is 1. The van der Waals surface area contributed by atoms with E-state index in [9.17, 15) is 9.50 Å². The van der Waals surface area contributed by atoms with Crippen molar-refractivity contribution < 1.29 is 9.50 Å². The van der Waals surface area contributed by atoms with E-state index in [0.29, 0.717) is 5.75 Å². The maximum Gasteiger partial charge on any atom is 0.150 e. The minimum Gasteiger partial charge on any atom is -0.388 e. The van der Waals surface area contributed by atoms with Crippen molar-refractivity contribution in [3.8, 4) is 0 Å². The highest BCUT2D eigenvalue weighted by Gasteiger charge is 2.09. The fourth-order valence-electron chi connectivity index (χ4n) is 1.33. The molecule has 5 heteroatoms. The Bertz CT molecular complexity index is 484. The van der Waals surface area contributed by atoms with Crippen LogP contribution < -0.4 is 0 Å². The van der Waals surface area contributed by atoms with Gasteiger partial charge in [-0.15, -0.1) is 11.3 Å². The summed E-state index contributed by atoms with van der Waals surface area (Å²) in [7, 11) is 0. The number of nitrogens with zero attached hydrogens (tertiary/aromatic N) is 1. The Kier molecular flexibility index (Phi) is 4.15. The van der Waals surface area contributed by atoms with Crippen molar-refractivity contribution in [2.45, 2.75) is 17.4 Å². The highest BCUT2D eigenvalue weighted by atomic mass is 32.2. The molecule has 2 nitrogen and oxygen atoms in total. The molecule has 0 amide bonds. The lowest BCUT2D eigenvalue weighted by Crippen LogP contribution is -2.00. The smallest absolute Gasteiger partial charge is 0.150 e. The molecule has 90 valence electrons. The van der Waals surface area contributed by atoms with Gasteiger partial charge in [-0.2, -0.15) is 0 Å². The summed E-state index contributed by atoms with van der Waals surface area (Å²) in [5, 5.41) is 11.9. The van der Waals surface area contributed by atoms with Crippen LogP contribution >= 0.6 is 23.1 Å². The highest BCUT2D eigenvalue weighted by Crippen LogP contribution is 2.27. The lowest BCUT2D eigenvalue weighted by molar-refractivity contribution is 0.204. The molecule has 0 aliphatic heterocycles. The van der Waals surface area contributed by atoms with Gasteiger partial charge in [0, 0.05) is 16.8 Å². The van der Waals surface area contributed by atoms with Crippen molar-refractivity contribution in [2.24, 2.45) is 0 Å². The van der Waals surface area contributed by atoms with Gasteiger partial charge in [0.25, 0.3) is 0 Å². The lowest BCUT2D eigenvalue weighted by atomic mass is 10.1. The molecular formula is C12H12FNOS2. The largest absolute Gasteiger partial charge is 0.388 e. The van der Waals surface area contributed by atoms with Gasteiger partial charge in [-0.25, -0.2) is 9.37 Å². The molecule has 0 bridgehead atoms. The van der Waals surface area contributed by atoms with Crippen molar-refractivity contribution in [1.82, 2.24) is 4.98 Å². The molecule has 0 spiro atoms. The number of benzene rings is 1. The fourth-order valence-corrected chi connectivity index (χ4v) is 3.17. The van der Waals surface area contributed by atoms with Crippen LogP contribution in [0.2, 0.25) is 0 Å². The van der Waals surface area contributed by atoms with Gasteiger partial charge < -0.3 is 5.11 Å². The average Bonchev–Trinajstić information content (AvgIpc) is 2.73. The number of aliphatic hydroxyl groups excluding tert-OH is 1. The third-order valence-electron chi connectivity index (χ3n) is 2.22. The minimum atomic E-state index is -0.593. The summed E-state index contributed by atoms with van der Waals surface area (Å²) in [5.74, 6) is 0.239. The first-order valence-electron chi connectivity index (χ1n) is 5.13.